The van der Waals surface area contributed by atoms with Crippen LogP contribution in [0.3, 0.4) is 0 Å². The molecule has 1 aliphatic carbocycles. The van der Waals surface area contributed by atoms with Crippen LogP contribution in [0.5, 0.6) is 0 Å². The van der Waals surface area contributed by atoms with Crippen LogP contribution in [0.4, 0.5) is 5.69 Å². The van der Waals surface area contributed by atoms with Gasteiger partial charge in [0.05, 0.1) is 4.90 Å². The number of nitrogen functional groups attached to an aromatic ring is 1. The molecule has 0 heterocycles. The molecule has 0 unspecified atom stereocenters. The second kappa shape index (κ2) is 6.15. The highest BCUT2D eigenvalue weighted by Gasteiger charge is 2.19. The van der Waals surface area contributed by atoms with Gasteiger partial charge in [0.25, 0.3) is 0 Å². The zero-order valence-electron chi connectivity index (χ0n) is 11.1. The maximum Gasteiger partial charge on any atom is 0.240 e. The van der Waals surface area contributed by atoms with Crippen LogP contribution >= 0.6 is 11.8 Å². The summed E-state index contributed by atoms with van der Waals surface area (Å²) in [4.78, 5) is 1.18. The van der Waals surface area contributed by atoms with Crippen molar-refractivity contribution in [2.24, 2.45) is 0 Å². The van der Waals surface area contributed by atoms with E-state index in [0.29, 0.717) is 22.4 Å². The summed E-state index contributed by atoms with van der Waals surface area (Å²) in [6, 6.07) is 4.93. The van der Waals surface area contributed by atoms with E-state index in [0.717, 1.165) is 4.90 Å². The first kappa shape index (κ1) is 14.7. The lowest BCUT2D eigenvalue weighted by molar-refractivity contribution is 0.583. The molecular formula is C13H20N2O2S2. The van der Waals surface area contributed by atoms with Crippen LogP contribution < -0.4 is 10.5 Å². The number of nitrogens with two attached hydrogens (primary N) is 1. The van der Waals surface area contributed by atoms with Crippen molar-refractivity contribution >= 4 is 27.5 Å². The minimum absolute atomic E-state index is 0.295. The molecule has 0 spiro atoms. The maximum absolute atomic E-state index is 12.0. The summed E-state index contributed by atoms with van der Waals surface area (Å²) >= 11 is 1.71. The van der Waals surface area contributed by atoms with Crippen LogP contribution in [0.2, 0.25) is 0 Å². The van der Waals surface area contributed by atoms with E-state index in [1.165, 1.54) is 25.7 Å². The Hall–Kier alpha value is -0.720. The summed E-state index contributed by atoms with van der Waals surface area (Å²) < 4.78 is 26.4. The Morgan fingerprint density at radius 1 is 1.37 bits per heavy atom. The third-order valence-corrected chi connectivity index (χ3v) is 6.18. The van der Waals surface area contributed by atoms with Crippen molar-refractivity contribution in [1.29, 1.82) is 0 Å². The van der Waals surface area contributed by atoms with E-state index in [2.05, 4.69) is 4.72 Å². The lowest BCUT2D eigenvalue weighted by atomic mass is 10.3. The number of anilines is 1. The predicted octanol–water partition coefficient (Wildman–Crippen LogP) is 2.60. The topological polar surface area (TPSA) is 72.2 Å². The van der Waals surface area contributed by atoms with Crippen molar-refractivity contribution < 1.29 is 8.42 Å². The number of rotatable bonds is 5. The largest absolute Gasteiger partial charge is 0.398 e. The van der Waals surface area contributed by atoms with E-state index in [9.17, 15) is 8.42 Å². The van der Waals surface area contributed by atoms with E-state index in [-0.39, 0.29) is 0 Å². The second-order valence-corrected chi connectivity index (χ2v) is 7.83. The van der Waals surface area contributed by atoms with Gasteiger partial charge in [0.2, 0.25) is 10.0 Å². The summed E-state index contributed by atoms with van der Waals surface area (Å²) in [6.07, 6.45) is 4.89. The van der Waals surface area contributed by atoms with E-state index in [1.807, 2.05) is 0 Å². The Morgan fingerprint density at radius 2 is 2.05 bits per heavy atom. The van der Waals surface area contributed by atoms with Gasteiger partial charge in [0.15, 0.2) is 0 Å². The van der Waals surface area contributed by atoms with Gasteiger partial charge in [-0.05, 0) is 31.0 Å². The molecule has 3 N–H and O–H groups in total. The Balaban J connectivity index is 2.23. The fourth-order valence-electron chi connectivity index (χ4n) is 2.24. The van der Waals surface area contributed by atoms with E-state index < -0.39 is 10.0 Å². The number of hydrogen-bond donors (Lipinski definition) is 2. The standard InChI is InChI=1S/C13H20N2O2S2/c1-2-15-19(16,17)11-7-8-12(14)13(9-11)18-10-5-3-4-6-10/h7-10,15H,2-6,14H2,1H3. The number of benzene rings is 1. The summed E-state index contributed by atoms with van der Waals surface area (Å²) in [5.41, 5.74) is 6.61. The smallest absolute Gasteiger partial charge is 0.240 e. The van der Waals surface area contributed by atoms with E-state index in [1.54, 1.807) is 36.9 Å². The molecule has 0 atom stereocenters. The van der Waals surface area contributed by atoms with Crippen molar-refractivity contribution in [1.82, 2.24) is 4.72 Å². The van der Waals surface area contributed by atoms with Crippen LogP contribution in [0, 0.1) is 0 Å². The Kier molecular flexibility index (Phi) is 4.76. The Bertz CT molecular complexity index is 538. The van der Waals surface area contributed by atoms with Crippen molar-refractivity contribution in [2.45, 2.75) is 47.6 Å². The van der Waals surface area contributed by atoms with Gasteiger partial charge in [-0.2, -0.15) is 0 Å². The second-order valence-electron chi connectivity index (χ2n) is 4.73. The van der Waals surface area contributed by atoms with Crippen LogP contribution in [-0.2, 0) is 10.0 Å². The molecule has 1 aromatic rings. The van der Waals surface area contributed by atoms with E-state index in [4.69, 9.17) is 5.73 Å². The van der Waals surface area contributed by atoms with Gasteiger partial charge in [0.1, 0.15) is 0 Å². The first-order chi connectivity index (χ1) is 9.03. The van der Waals surface area contributed by atoms with Crippen LogP contribution in [0.1, 0.15) is 32.6 Å². The van der Waals surface area contributed by atoms with Crippen LogP contribution in [0.25, 0.3) is 0 Å². The number of hydrogen-bond acceptors (Lipinski definition) is 4. The average Bonchev–Trinajstić information content (AvgIpc) is 2.84. The molecule has 1 fully saturated rings. The molecule has 19 heavy (non-hydrogen) atoms. The SMILES string of the molecule is CCNS(=O)(=O)c1ccc(N)c(SC2CCCC2)c1. The zero-order valence-corrected chi connectivity index (χ0v) is 12.7. The number of thioether (sulfide) groups is 1. The fourth-order valence-corrected chi connectivity index (χ4v) is 4.71. The molecule has 0 amide bonds. The summed E-state index contributed by atoms with van der Waals surface area (Å²) in [7, 11) is -3.40. The molecule has 106 valence electrons. The Morgan fingerprint density at radius 3 is 2.68 bits per heavy atom. The third-order valence-electron chi connectivity index (χ3n) is 3.23. The number of sulfonamides is 1. The highest BCUT2D eigenvalue weighted by atomic mass is 32.2. The van der Waals surface area contributed by atoms with Crippen molar-refractivity contribution in [2.75, 3.05) is 12.3 Å². The van der Waals surface area contributed by atoms with E-state index >= 15 is 0 Å². The van der Waals surface area contributed by atoms with Gasteiger partial charge < -0.3 is 5.73 Å². The molecule has 6 heteroatoms. The first-order valence-electron chi connectivity index (χ1n) is 6.59. The molecule has 0 aliphatic heterocycles. The third kappa shape index (κ3) is 3.64. The van der Waals surface area contributed by atoms with Crippen molar-refractivity contribution in [3.63, 3.8) is 0 Å². The molecule has 1 aromatic carbocycles. The van der Waals surface area contributed by atoms with Gasteiger partial charge in [-0.15, -0.1) is 11.8 Å². The lowest BCUT2D eigenvalue weighted by Gasteiger charge is -2.13. The molecule has 1 saturated carbocycles. The molecule has 1 aliphatic rings. The summed E-state index contributed by atoms with van der Waals surface area (Å²) in [5.74, 6) is 0. The van der Waals surface area contributed by atoms with Gasteiger partial charge in [-0.1, -0.05) is 19.8 Å². The lowest BCUT2D eigenvalue weighted by Crippen LogP contribution is -2.23. The molecule has 0 aromatic heterocycles. The average molecular weight is 300 g/mol. The highest BCUT2D eigenvalue weighted by Crippen LogP contribution is 2.38. The molecule has 2 rings (SSSR count). The number of nitrogens with one attached hydrogen (secondary N) is 1. The minimum atomic E-state index is -3.40. The molecule has 4 nitrogen and oxygen atoms in total. The fraction of sp³-hybridized carbons (Fsp3) is 0.538. The summed E-state index contributed by atoms with van der Waals surface area (Å²) in [6.45, 7) is 2.15. The molecule has 0 saturated heterocycles. The van der Waals surface area contributed by atoms with Gasteiger partial charge in [-0.3, -0.25) is 0 Å². The normalized spacial score (nSPS) is 16.9. The summed E-state index contributed by atoms with van der Waals surface area (Å²) in [5, 5.41) is 0.569. The van der Waals surface area contributed by atoms with Crippen molar-refractivity contribution in [3.05, 3.63) is 18.2 Å². The zero-order chi connectivity index (χ0) is 13.9. The van der Waals surface area contributed by atoms with Gasteiger partial charge in [-0.25, -0.2) is 13.1 Å². The molecule has 0 bridgehead atoms. The first-order valence-corrected chi connectivity index (χ1v) is 8.95. The van der Waals surface area contributed by atoms with Crippen molar-refractivity contribution in [3.8, 4) is 0 Å². The monoisotopic (exact) mass is 300 g/mol. The predicted molar refractivity (Wildman–Crippen MR) is 79.8 cm³/mol. The maximum atomic E-state index is 12.0. The minimum Gasteiger partial charge on any atom is -0.398 e. The molecule has 0 radical (unpaired) electrons. The van der Waals surface area contributed by atoms with Gasteiger partial charge in [0, 0.05) is 22.4 Å². The highest BCUT2D eigenvalue weighted by molar-refractivity contribution is 8.00. The van der Waals surface area contributed by atoms with Crippen LogP contribution in [-0.4, -0.2) is 20.2 Å². The quantitative estimate of drug-likeness (QED) is 0.820. The Labute approximate surface area is 119 Å². The molecular weight excluding hydrogens is 280 g/mol. The van der Waals surface area contributed by atoms with Crippen LogP contribution in [0.15, 0.2) is 28.0 Å². The van der Waals surface area contributed by atoms with Gasteiger partial charge >= 0.3 is 0 Å².